The van der Waals surface area contributed by atoms with E-state index in [0.29, 0.717) is 11.6 Å². The molecule has 102 valence electrons. The highest BCUT2D eigenvalue weighted by molar-refractivity contribution is 7.18. The van der Waals surface area contributed by atoms with Crippen LogP contribution in [-0.2, 0) is 0 Å². The summed E-state index contributed by atoms with van der Waals surface area (Å²) in [6.45, 7) is 4.02. The fraction of sp³-hybridized carbons (Fsp3) is 0.143. The molecule has 0 saturated carbocycles. The third-order valence-corrected chi connectivity index (χ3v) is 4.22. The van der Waals surface area contributed by atoms with Gasteiger partial charge in [0, 0.05) is 10.9 Å². The van der Waals surface area contributed by atoms with Crippen molar-refractivity contribution >= 4 is 27.2 Å². The van der Waals surface area contributed by atoms with Gasteiger partial charge in [0.25, 0.3) is 0 Å². The number of aryl methyl sites for hydroxylation is 2. The third-order valence-electron chi connectivity index (χ3n) is 3.11. The molecule has 0 aliphatic rings. The minimum absolute atomic E-state index is 0.237. The van der Waals surface area contributed by atoms with Crippen molar-refractivity contribution in [3.63, 3.8) is 0 Å². The van der Waals surface area contributed by atoms with Gasteiger partial charge in [0.2, 0.25) is 5.88 Å². The van der Waals surface area contributed by atoms with E-state index in [1.807, 2.05) is 13.8 Å². The van der Waals surface area contributed by atoms with Crippen LogP contribution in [0, 0.1) is 19.7 Å². The highest BCUT2D eigenvalue weighted by Gasteiger charge is 2.14. The number of aromatic nitrogens is 2. The first-order valence-corrected chi connectivity index (χ1v) is 6.81. The lowest BCUT2D eigenvalue weighted by molar-refractivity contribution is 0.469. The van der Waals surface area contributed by atoms with Gasteiger partial charge >= 0.3 is 0 Å². The van der Waals surface area contributed by atoms with Gasteiger partial charge in [-0.05, 0) is 31.5 Å². The summed E-state index contributed by atoms with van der Waals surface area (Å²) in [7, 11) is 0. The predicted octanol–water partition coefficient (Wildman–Crippen LogP) is 3.82. The molecule has 0 aliphatic heterocycles. The Morgan fingerprint density at radius 3 is 2.80 bits per heavy atom. The molecule has 0 aliphatic carbocycles. The molecule has 0 amide bonds. The molecular formula is C14H12FN3OS. The number of hydrogen-bond acceptors (Lipinski definition) is 5. The summed E-state index contributed by atoms with van der Waals surface area (Å²) in [5.74, 6) is 0.426. The van der Waals surface area contributed by atoms with E-state index in [9.17, 15) is 4.39 Å². The van der Waals surface area contributed by atoms with Crippen molar-refractivity contribution in [1.82, 2.24) is 9.97 Å². The number of nitrogen functional groups attached to an aromatic ring is 1. The molecule has 2 N–H and O–H groups in total. The van der Waals surface area contributed by atoms with Gasteiger partial charge in [-0.1, -0.05) is 0 Å². The van der Waals surface area contributed by atoms with E-state index in [1.54, 1.807) is 11.3 Å². The lowest BCUT2D eigenvalue weighted by atomic mass is 10.2. The maximum atomic E-state index is 13.0. The number of halogens is 1. The van der Waals surface area contributed by atoms with Crippen LogP contribution in [0.5, 0.6) is 11.6 Å². The molecule has 2 heterocycles. The highest BCUT2D eigenvalue weighted by Crippen LogP contribution is 2.36. The molecule has 0 unspecified atom stereocenters. The third kappa shape index (κ3) is 2.08. The monoisotopic (exact) mass is 289 g/mol. The van der Waals surface area contributed by atoms with Gasteiger partial charge in [-0.15, -0.1) is 11.3 Å². The standard InChI is InChI=1S/C14H12FN3OS/c1-7-8(2)20-14-12(7)13(17-6-18-14)19-11-4-3-9(15)5-10(11)16/h3-6H,16H2,1-2H3. The van der Waals surface area contributed by atoms with Crippen molar-refractivity contribution in [2.45, 2.75) is 13.8 Å². The van der Waals surface area contributed by atoms with Gasteiger partial charge in [0.05, 0.1) is 11.1 Å². The largest absolute Gasteiger partial charge is 0.436 e. The van der Waals surface area contributed by atoms with Crippen LogP contribution in [0.1, 0.15) is 10.4 Å². The first-order chi connectivity index (χ1) is 9.56. The Morgan fingerprint density at radius 1 is 1.25 bits per heavy atom. The fourth-order valence-corrected chi connectivity index (χ4v) is 2.93. The summed E-state index contributed by atoms with van der Waals surface area (Å²) in [4.78, 5) is 10.4. The van der Waals surface area contributed by atoms with Crippen LogP contribution in [0.15, 0.2) is 24.5 Å². The first-order valence-electron chi connectivity index (χ1n) is 6.00. The van der Waals surface area contributed by atoms with Crippen molar-refractivity contribution in [3.05, 3.63) is 40.8 Å². The van der Waals surface area contributed by atoms with Crippen LogP contribution < -0.4 is 10.5 Å². The number of nitrogens with zero attached hydrogens (tertiary/aromatic N) is 2. The summed E-state index contributed by atoms with van der Waals surface area (Å²) >= 11 is 1.59. The van der Waals surface area contributed by atoms with Gasteiger partial charge < -0.3 is 10.5 Å². The van der Waals surface area contributed by atoms with Crippen LogP contribution in [0.2, 0.25) is 0 Å². The van der Waals surface area contributed by atoms with Crippen molar-refractivity contribution in [1.29, 1.82) is 0 Å². The molecule has 0 atom stereocenters. The Bertz CT molecular complexity index is 800. The number of rotatable bonds is 2. The zero-order valence-electron chi connectivity index (χ0n) is 11.0. The summed E-state index contributed by atoms with van der Waals surface area (Å²) in [5, 5.41) is 0.874. The fourth-order valence-electron chi connectivity index (χ4n) is 1.94. The predicted molar refractivity (Wildman–Crippen MR) is 77.8 cm³/mol. The molecule has 0 bridgehead atoms. The summed E-state index contributed by atoms with van der Waals surface area (Å²) in [6, 6.07) is 4.02. The summed E-state index contributed by atoms with van der Waals surface area (Å²) in [5.41, 5.74) is 7.07. The average molecular weight is 289 g/mol. The lowest BCUT2D eigenvalue weighted by Crippen LogP contribution is -1.95. The number of ether oxygens (including phenoxy) is 1. The molecule has 4 nitrogen and oxygen atoms in total. The Morgan fingerprint density at radius 2 is 2.05 bits per heavy atom. The average Bonchev–Trinajstić information content (AvgIpc) is 2.69. The number of hydrogen-bond donors (Lipinski definition) is 1. The highest BCUT2D eigenvalue weighted by atomic mass is 32.1. The molecule has 3 rings (SSSR count). The normalized spacial score (nSPS) is 10.9. The number of anilines is 1. The Kier molecular flexibility index (Phi) is 3.02. The molecule has 20 heavy (non-hydrogen) atoms. The van der Waals surface area contributed by atoms with Gasteiger partial charge in [0.1, 0.15) is 17.0 Å². The number of fused-ring (bicyclic) bond motifs is 1. The van der Waals surface area contributed by atoms with Crippen molar-refractivity contribution < 1.29 is 9.13 Å². The quantitative estimate of drug-likeness (QED) is 0.728. The maximum Gasteiger partial charge on any atom is 0.231 e. The molecular weight excluding hydrogens is 277 g/mol. The minimum atomic E-state index is -0.398. The van der Waals surface area contributed by atoms with Gasteiger partial charge in [-0.25, -0.2) is 14.4 Å². The Balaban J connectivity index is 2.11. The molecule has 0 fully saturated rings. The van der Waals surface area contributed by atoms with Crippen molar-refractivity contribution in [2.24, 2.45) is 0 Å². The molecule has 6 heteroatoms. The summed E-state index contributed by atoms with van der Waals surface area (Å²) in [6.07, 6.45) is 1.45. The van der Waals surface area contributed by atoms with Gasteiger partial charge in [-0.3, -0.25) is 0 Å². The molecule has 0 radical (unpaired) electrons. The second-order valence-electron chi connectivity index (χ2n) is 4.43. The Hall–Kier alpha value is -2.21. The van der Waals surface area contributed by atoms with E-state index in [4.69, 9.17) is 10.5 Å². The maximum absolute atomic E-state index is 13.0. The molecule has 3 aromatic rings. The van der Waals surface area contributed by atoms with E-state index in [1.165, 1.54) is 24.5 Å². The minimum Gasteiger partial charge on any atom is -0.436 e. The topological polar surface area (TPSA) is 61.0 Å². The van der Waals surface area contributed by atoms with Gasteiger partial charge in [0.15, 0.2) is 5.75 Å². The van der Waals surface area contributed by atoms with Gasteiger partial charge in [-0.2, -0.15) is 0 Å². The van der Waals surface area contributed by atoms with Crippen LogP contribution in [0.25, 0.3) is 10.2 Å². The zero-order valence-corrected chi connectivity index (χ0v) is 11.8. The van der Waals surface area contributed by atoms with Crippen LogP contribution >= 0.6 is 11.3 Å². The molecule has 0 spiro atoms. The first kappa shape index (κ1) is 12.8. The van der Waals surface area contributed by atoms with Crippen molar-refractivity contribution in [2.75, 3.05) is 5.73 Å². The van der Waals surface area contributed by atoms with E-state index in [2.05, 4.69) is 9.97 Å². The van der Waals surface area contributed by atoms with Crippen LogP contribution in [0.4, 0.5) is 10.1 Å². The molecule has 0 saturated heterocycles. The number of nitrogens with two attached hydrogens (primary N) is 1. The van der Waals surface area contributed by atoms with E-state index in [-0.39, 0.29) is 5.69 Å². The number of thiophene rings is 1. The number of benzene rings is 1. The van der Waals surface area contributed by atoms with Crippen LogP contribution in [0.3, 0.4) is 0 Å². The summed E-state index contributed by atoms with van der Waals surface area (Å²) < 4.78 is 18.8. The second kappa shape index (κ2) is 4.72. The van der Waals surface area contributed by atoms with E-state index >= 15 is 0 Å². The van der Waals surface area contributed by atoms with Crippen molar-refractivity contribution in [3.8, 4) is 11.6 Å². The Labute approximate surface area is 119 Å². The van der Waals surface area contributed by atoms with E-state index < -0.39 is 5.82 Å². The lowest BCUT2D eigenvalue weighted by Gasteiger charge is -2.08. The molecule has 1 aromatic carbocycles. The zero-order chi connectivity index (χ0) is 14.3. The van der Waals surface area contributed by atoms with E-state index in [0.717, 1.165) is 20.7 Å². The SMILES string of the molecule is Cc1sc2ncnc(Oc3ccc(F)cc3N)c2c1C. The molecule has 2 aromatic heterocycles. The van der Waals surface area contributed by atoms with Crippen LogP contribution in [-0.4, -0.2) is 9.97 Å². The second-order valence-corrected chi connectivity index (χ2v) is 5.63. The smallest absolute Gasteiger partial charge is 0.231 e.